The van der Waals surface area contributed by atoms with Gasteiger partial charge in [0.1, 0.15) is 11.3 Å². The van der Waals surface area contributed by atoms with Crippen LogP contribution in [0.15, 0.2) is 30.9 Å². The summed E-state index contributed by atoms with van der Waals surface area (Å²) in [6, 6.07) is 2.07. The predicted octanol–water partition coefficient (Wildman–Crippen LogP) is 1.67. The first-order valence-corrected chi connectivity index (χ1v) is 6.58. The van der Waals surface area contributed by atoms with Gasteiger partial charge in [0.2, 0.25) is 0 Å². The Labute approximate surface area is 117 Å². The summed E-state index contributed by atoms with van der Waals surface area (Å²) in [7, 11) is 0. The van der Waals surface area contributed by atoms with Crippen LogP contribution in [-0.4, -0.2) is 24.1 Å². The highest BCUT2D eigenvalue weighted by Crippen LogP contribution is 2.24. The van der Waals surface area contributed by atoms with Crippen LogP contribution in [0.1, 0.15) is 32.3 Å². The van der Waals surface area contributed by atoms with E-state index >= 15 is 0 Å². The van der Waals surface area contributed by atoms with Crippen molar-refractivity contribution in [1.82, 2.24) is 24.1 Å². The molecule has 3 rings (SSSR count). The molecule has 0 bridgehead atoms. The van der Waals surface area contributed by atoms with Crippen LogP contribution in [-0.2, 0) is 12.0 Å². The first kappa shape index (κ1) is 12.8. The zero-order valence-corrected chi connectivity index (χ0v) is 11.9. The molecule has 6 heteroatoms. The Kier molecular flexibility index (Phi) is 2.83. The summed E-state index contributed by atoms with van der Waals surface area (Å²) in [4.78, 5) is 8.70. The third-order valence-corrected chi connectivity index (χ3v) is 3.27. The van der Waals surface area contributed by atoms with Crippen LogP contribution >= 0.6 is 0 Å². The van der Waals surface area contributed by atoms with E-state index in [4.69, 9.17) is 5.73 Å². The van der Waals surface area contributed by atoms with Gasteiger partial charge in [-0.05, 0) is 6.07 Å². The van der Waals surface area contributed by atoms with Crippen molar-refractivity contribution < 1.29 is 0 Å². The van der Waals surface area contributed by atoms with E-state index in [0.717, 1.165) is 22.9 Å². The Morgan fingerprint density at radius 2 is 1.90 bits per heavy atom. The van der Waals surface area contributed by atoms with E-state index in [0.29, 0.717) is 6.54 Å². The van der Waals surface area contributed by atoms with Gasteiger partial charge in [-0.15, -0.1) is 0 Å². The molecule has 0 saturated heterocycles. The Hall–Kier alpha value is -2.21. The smallest absolute Gasteiger partial charge is 0.164 e. The van der Waals surface area contributed by atoms with E-state index in [1.165, 1.54) is 0 Å². The van der Waals surface area contributed by atoms with Gasteiger partial charge < -0.3 is 5.73 Å². The van der Waals surface area contributed by atoms with E-state index in [1.807, 2.05) is 21.5 Å². The summed E-state index contributed by atoms with van der Waals surface area (Å²) in [5.74, 6) is 1.58. The Morgan fingerprint density at radius 3 is 2.60 bits per heavy atom. The van der Waals surface area contributed by atoms with Crippen molar-refractivity contribution in [2.75, 3.05) is 0 Å². The average molecular weight is 270 g/mol. The number of imidazole rings is 1. The molecule has 0 aliphatic heterocycles. The van der Waals surface area contributed by atoms with Crippen LogP contribution in [0.2, 0.25) is 0 Å². The third-order valence-electron chi connectivity index (χ3n) is 3.27. The molecule has 3 aromatic heterocycles. The topological polar surface area (TPSA) is 74.0 Å². The first-order chi connectivity index (χ1) is 9.50. The lowest BCUT2D eigenvalue weighted by atomic mass is 9.92. The zero-order chi connectivity index (χ0) is 14.3. The molecule has 0 aliphatic carbocycles. The van der Waals surface area contributed by atoms with Gasteiger partial charge in [-0.1, -0.05) is 20.8 Å². The van der Waals surface area contributed by atoms with Crippen molar-refractivity contribution in [3.63, 3.8) is 0 Å². The monoisotopic (exact) mass is 270 g/mol. The Morgan fingerprint density at radius 1 is 1.15 bits per heavy atom. The molecule has 0 atom stereocenters. The minimum atomic E-state index is -0.00503. The second-order valence-corrected chi connectivity index (χ2v) is 5.78. The molecule has 0 radical (unpaired) electrons. The third kappa shape index (κ3) is 1.98. The maximum Gasteiger partial charge on any atom is 0.164 e. The standard InChI is InChI=1S/C14H18N6/c1-14(2,3)11-8-10-13(17-5-7-20(10)18-11)19-6-4-16-12(19)9-15/h4-8H,9,15H2,1-3H3. The molecule has 0 spiro atoms. The Bertz CT molecular complexity index is 746. The number of hydrogen-bond acceptors (Lipinski definition) is 4. The maximum absolute atomic E-state index is 5.72. The fourth-order valence-corrected chi connectivity index (χ4v) is 2.14. The second kappa shape index (κ2) is 4.42. The van der Waals surface area contributed by atoms with E-state index in [9.17, 15) is 0 Å². The Balaban J connectivity index is 2.24. The predicted molar refractivity (Wildman–Crippen MR) is 76.7 cm³/mol. The van der Waals surface area contributed by atoms with Gasteiger partial charge in [-0.2, -0.15) is 5.10 Å². The first-order valence-electron chi connectivity index (χ1n) is 6.58. The highest BCUT2D eigenvalue weighted by molar-refractivity contribution is 5.61. The lowest BCUT2D eigenvalue weighted by Crippen LogP contribution is -2.11. The molecule has 6 nitrogen and oxygen atoms in total. The van der Waals surface area contributed by atoms with Crippen molar-refractivity contribution in [3.8, 4) is 5.82 Å². The van der Waals surface area contributed by atoms with Crippen LogP contribution in [0.5, 0.6) is 0 Å². The van der Waals surface area contributed by atoms with Crippen molar-refractivity contribution >= 4 is 5.52 Å². The average Bonchev–Trinajstić information content (AvgIpc) is 3.03. The van der Waals surface area contributed by atoms with E-state index < -0.39 is 0 Å². The molecular weight excluding hydrogens is 252 g/mol. The SMILES string of the molecule is CC(C)(C)c1cc2c(-n3ccnc3CN)nccn2n1. The van der Waals surface area contributed by atoms with Crippen molar-refractivity contribution in [1.29, 1.82) is 0 Å². The van der Waals surface area contributed by atoms with Gasteiger partial charge in [0.25, 0.3) is 0 Å². The van der Waals surface area contributed by atoms with Gasteiger partial charge in [0.15, 0.2) is 5.82 Å². The van der Waals surface area contributed by atoms with Crippen LogP contribution in [0.4, 0.5) is 0 Å². The summed E-state index contributed by atoms with van der Waals surface area (Å²) in [6.07, 6.45) is 7.19. The van der Waals surface area contributed by atoms with E-state index in [2.05, 4.69) is 41.9 Å². The molecule has 0 aromatic carbocycles. The van der Waals surface area contributed by atoms with Crippen LogP contribution in [0.25, 0.3) is 11.3 Å². The summed E-state index contributed by atoms with van der Waals surface area (Å²) in [6.45, 7) is 6.80. The molecule has 2 N–H and O–H groups in total. The van der Waals surface area contributed by atoms with Gasteiger partial charge in [-0.25, -0.2) is 14.5 Å². The number of fused-ring (bicyclic) bond motifs is 1. The molecule has 0 saturated carbocycles. The lowest BCUT2D eigenvalue weighted by Gasteiger charge is -2.13. The normalized spacial score (nSPS) is 12.2. The zero-order valence-electron chi connectivity index (χ0n) is 11.9. The lowest BCUT2D eigenvalue weighted by molar-refractivity contribution is 0.562. The van der Waals surface area contributed by atoms with Crippen LogP contribution in [0, 0.1) is 0 Å². The van der Waals surface area contributed by atoms with Gasteiger partial charge in [0.05, 0.1) is 12.2 Å². The van der Waals surface area contributed by atoms with E-state index in [1.54, 1.807) is 12.4 Å². The molecule has 3 aromatic rings. The van der Waals surface area contributed by atoms with Crippen LogP contribution < -0.4 is 5.73 Å². The summed E-state index contributed by atoms with van der Waals surface area (Å²) in [5, 5.41) is 4.62. The minimum Gasteiger partial charge on any atom is -0.324 e. The van der Waals surface area contributed by atoms with Crippen LogP contribution in [0.3, 0.4) is 0 Å². The molecule has 20 heavy (non-hydrogen) atoms. The molecule has 0 aliphatic rings. The summed E-state index contributed by atoms with van der Waals surface area (Å²) in [5.41, 5.74) is 7.69. The molecule has 0 unspecified atom stereocenters. The van der Waals surface area contributed by atoms with Gasteiger partial charge in [-0.3, -0.25) is 4.57 Å². The number of rotatable bonds is 2. The molecule has 0 fully saturated rings. The van der Waals surface area contributed by atoms with Gasteiger partial charge in [0, 0.05) is 30.2 Å². The molecular formula is C14H18N6. The summed E-state index contributed by atoms with van der Waals surface area (Å²) >= 11 is 0. The van der Waals surface area contributed by atoms with Crippen molar-refractivity contribution in [3.05, 3.63) is 42.4 Å². The molecule has 3 heterocycles. The molecule has 104 valence electrons. The minimum absolute atomic E-state index is 0.00503. The maximum atomic E-state index is 5.72. The van der Waals surface area contributed by atoms with Crippen molar-refractivity contribution in [2.24, 2.45) is 5.73 Å². The number of nitrogens with zero attached hydrogens (tertiary/aromatic N) is 5. The van der Waals surface area contributed by atoms with E-state index in [-0.39, 0.29) is 5.41 Å². The summed E-state index contributed by atoms with van der Waals surface area (Å²) < 4.78 is 3.76. The fourth-order valence-electron chi connectivity index (χ4n) is 2.14. The van der Waals surface area contributed by atoms with Gasteiger partial charge >= 0.3 is 0 Å². The fraction of sp³-hybridized carbons (Fsp3) is 0.357. The number of hydrogen-bond donors (Lipinski definition) is 1. The highest BCUT2D eigenvalue weighted by Gasteiger charge is 2.19. The second-order valence-electron chi connectivity index (χ2n) is 5.78. The molecule has 0 amide bonds. The largest absolute Gasteiger partial charge is 0.324 e. The highest BCUT2D eigenvalue weighted by atomic mass is 15.3. The van der Waals surface area contributed by atoms with Crippen molar-refractivity contribution in [2.45, 2.75) is 32.7 Å². The number of nitrogens with two attached hydrogens (primary N) is 1. The number of aromatic nitrogens is 5. The quantitative estimate of drug-likeness (QED) is 0.768.